The molecule has 0 radical (unpaired) electrons. The maximum Gasteiger partial charge on any atom is 0.319 e. The molecule has 0 rings (SSSR count). The predicted molar refractivity (Wildman–Crippen MR) is 37.1 cm³/mol. The van der Waals surface area contributed by atoms with Crippen molar-refractivity contribution < 1.29 is 23.2 Å². The molecule has 0 aromatic heterocycles. The van der Waals surface area contributed by atoms with Crippen LogP contribution in [-0.4, -0.2) is 16.5 Å². The van der Waals surface area contributed by atoms with Gasteiger partial charge < -0.3 is 4.89 Å². The van der Waals surface area contributed by atoms with E-state index in [9.17, 15) is 13.8 Å². The Kier molecular flexibility index (Phi) is 3.86. The third kappa shape index (κ3) is 3.60. The minimum Gasteiger partial charge on any atom is -0.326 e. The molecule has 6 heteroatoms. The number of rotatable bonds is 4. The highest BCUT2D eigenvalue weighted by Gasteiger charge is 2.33. The Morgan fingerprint density at radius 3 is 2.55 bits per heavy atom. The lowest BCUT2D eigenvalue weighted by atomic mass is 10.2. The fraction of sp³-hybridized carbons (Fsp3) is 0.800. The highest BCUT2D eigenvalue weighted by Crippen LogP contribution is 2.28. The molecule has 0 amide bonds. The molecule has 66 valence electrons. The van der Waals surface area contributed by atoms with Crippen molar-refractivity contribution in [2.45, 2.75) is 26.1 Å². The lowest BCUT2D eigenvalue weighted by molar-refractivity contribution is -0.148. The van der Waals surface area contributed by atoms with E-state index in [0.29, 0.717) is 0 Å². The highest BCUT2D eigenvalue weighted by molar-refractivity contribution is 7.32. The molecule has 0 aliphatic rings. The zero-order valence-electron chi connectivity index (χ0n) is 6.26. The van der Waals surface area contributed by atoms with Gasteiger partial charge in [0.1, 0.15) is 0 Å². The van der Waals surface area contributed by atoms with E-state index in [1.807, 2.05) is 0 Å². The van der Waals surface area contributed by atoms with Crippen molar-refractivity contribution in [1.29, 1.82) is 0 Å². The third-order valence-corrected chi connectivity index (χ3v) is 1.66. The second kappa shape index (κ2) is 3.95. The number of hydrogen-bond donors (Lipinski definition) is 1. The SMILES string of the molecule is CCC(=O)C(C)(F)O[PH](=O)O. The summed E-state index contributed by atoms with van der Waals surface area (Å²) >= 11 is 0. The number of carbonyl (C=O) groups is 1. The van der Waals surface area contributed by atoms with Gasteiger partial charge in [0, 0.05) is 13.3 Å². The molecule has 0 fully saturated rings. The third-order valence-electron chi connectivity index (χ3n) is 1.10. The van der Waals surface area contributed by atoms with Gasteiger partial charge in [0.2, 0.25) is 0 Å². The number of halogens is 1. The molecule has 0 aromatic rings. The van der Waals surface area contributed by atoms with Crippen LogP contribution in [0.15, 0.2) is 0 Å². The van der Waals surface area contributed by atoms with Crippen LogP contribution < -0.4 is 0 Å². The largest absolute Gasteiger partial charge is 0.326 e. The van der Waals surface area contributed by atoms with E-state index in [1.165, 1.54) is 6.92 Å². The van der Waals surface area contributed by atoms with Crippen molar-refractivity contribution in [3.05, 3.63) is 0 Å². The van der Waals surface area contributed by atoms with E-state index in [0.717, 1.165) is 6.92 Å². The van der Waals surface area contributed by atoms with Gasteiger partial charge >= 0.3 is 8.25 Å². The summed E-state index contributed by atoms with van der Waals surface area (Å²) in [7, 11) is -3.39. The summed E-state index contributed by atoms with van der Waals surface area (Å²) < 4.78 is 26.7. The van der Waals surface area contributed by atoms with E-state index in [4.69, 9.17) is 4.89 Å². The Labute approximate surface area is 64.3 Å². The summed E-state index contributed by atoms with van der Waals surface area (Å²) in [6.45, 7) is 2.26. The van der Waals surface area contributed by atoms with Crippen LogP contribution >= 0.6 is 8.25 Å². The van der Waals surface area contributed by atoms with Gasteiger partial charge in [-0.15, -0.1) is 0 Å². The zero-order chi connectivity index (χ0) is 9.07. The average Bonchev–Trinajstić information content (AvgIpc) is 1.83. The second-order valence-corrected chi connectivity index (χ2v) is 2.80. The van der Waals surface area contributed by atoms with Crippen molar-refractivity contribution in [3.63, 3.8) is 0 Å². The molecule has 0 saturated carbocycles. The molecule has 0 spiro atoms. The number of Topliss-reactive ketones (excluding diaryl/α,β-unsaturated/α-hetero) is 1. The minimum absolute atomic E-state index is 0.0673. The van der Waals surface area contributed by atoms with Gasteiger partial charge in [0.05, 0.1) is 0 Å². The molecule has 1 N–H and O–H groups in total. The Morgan fingerprint density at radius 1 is 1.82 bits per heavy atom. The number of alkyl halides is 1. The van der Waals surface area contributed by atoms with Gasteiger partial charge in [-0.3, -0.25) is 13.9 Å². The van der Waals surface area contributed by atoms with E-state index in [-0.39, 0.29) is 6.42 Å². The Balaban J connectivity index is 4.21. The first-order valence-corrected chi connectivity index (χ1v) is 4.30. The van der Waals surface area contributed by atoms with Crippen LogP contribution in [0.1, 0.15) is 20.3 Å². The van der Waals surface area contributed by atoms with Crippen LogP contribution in [0.4, 0.5) is 4.39 Å². The summed E-state index contributed by atoms with van der Waals surface area (Å²) in [5, 5.41) is 0. The smallest absolute Gasteiger partial charge is 0.319 e. The molecular formula is C5H10FO4P. The summed E-state index contributed by atoms with van der Waals surface area (Å²) in [5.74, 6) is -3.47. The summed E-state index contributed by atoms with van der Waals surface area (Å²) in [4.78, 5) is 18.8. The van der Waals surface area contributed by atoms with Crippen molar-refractivity contribution in [2.75, 3.05) is 0 Å². The van der Waals surface area contributed by atoms with Gasteiger partial charge in [0.15, 0.2) is 5.78 Å². The molecule has 0 aromatic carbocycles. The molecule has 0 aliphatic carbocycles. The Hall–Kier alpha value is -0.250. The predicted octanol–water partition coefficient (Wildman–Crippen LogP) is 1.05. The van der Waals surface area contributed by atoms with Crippen LogP contribution in [0.5, 0.6) is 0 Å². The van der Waals surface area contributed by atoms with Crippen LogP contribution in [0, 0.1) is 0 Å². The Morgan fingerprint density at radius 2 is 2.27 bits per heavy atom. The summed E-state index contributed by atoms with van der Waals surface area (Å²) in [5.41, 5.74) is 0. The van der Waals surface area contributed by atoms with Gasteiger partial charge in [-0.25, -0.2) is 4.39 Å². The molecular weight excluding hydrogens is 174 g/mol. The fourth-order valence-corrected chi connectivity index (χ4v) is 0.978. The van der Waals surface area contributed by atoms with Gasteiger partial charge in [0.25, 0.3) is 5.85 Å². The number of ketones is 1. The monoisotopic (exact) mass is 184 g/mol. The van der Waals surface area contributed by atoms with E-state index in [1.54, 1.807) is 0 Å². The second-order valence-electron chi connectivity index (χ2n) is 2.06. The fourth-order valence-electron chi connectivity index (χ4n) is 0.537. The molecule has 0 bridgehead atoms. The highest BCUT2D eigenvalue weighted by atomic mass is 31.1. The quantitative estimate of drug-likeness (QED) is 0.663. The summed E-state index contributed by atoms with van der Waals surface area (Å²) in [6.07, 6.45) is -0.0673. The molecule has 4 nitrogen and oxygen atoms in total. The first kappa shape index (κ1) is 10.8. The molecule has 2 atom stereocenters. The van der Waals surface area contributed by atoms with E-state index < -0.39 is 19.9 Å². The van der Waals surface area contributed by atoms with Gasteiger partial charge in [-0.2, -0.15) is 0 Å². The van der Waals surface area contributed by atoms with E-state index in [2.05, 4.69) is 4.52 Å². The van der Waals surface area contributed by atoms with Gasteiger partial charge in [-0.1, -0.05) is 6.92 Å². The lowest BCUT2D eigenvalue weighted by Crippen LogP contribution is -2.30. The van der Waals surface area contributed by atoms with Crippen molar-refractivity contribution in [1.82, 2.24) is 0 Å². The molecule has 2 unspecified atom stereocenters. The number of hydrogen-bond acceptors (Lipinski definition) is 3. The van der Waals surface area contributed by atoms with E-state index >= 15 is 0 Å². The molecule has 0 aliphatic heterocycles. The first-order valence-electron chi connectivity index (χ1n) is 3.04. The van der Waals surface area contributed by atoms with Crippen LogP contribution in [0.2, 0.25) is 0 Å². The molecule has 11 heavy (non-hydrogen) atoms. The minimum atomic E-state index is -3.39. The maximum atomic E-state index is 12.8. The maximum absolute atomic E-state index is 12.8. The van der Waals surface area contributed by atoms with Crippen LogP contribution in [0.25, 0.3) is 0 Å². The lowest BCUT2D eigenvalue weighted by Gasteiger charge is -2.15. The standard InChI is InChI=1S/C5H10FO4P/c1-3-4(7)5(2,6)10-11(8)9/h11H,3H2,1-2H3,(H,8,9). The topological polar surface area (TPSA) is 63.6 Å². The molecule has 0 heterocycles. The number of carbonyl (C=O) groups excluding carboxylic acids is 1. The zero-order valence-corrected chi connectivity index (χ0v) is 7.26. The van der Waals surface area contributed by atoms with Gasteiger partial charge in [-0.05, 0) is 0 Å². The summed E-state index contributed by atoms with van der Waals surface area (Å²) in [6, 6.07) is 0. The Bertz CT molecular complexity index is 179. The van der Waals surface area contributed by atoms with Crippen LogP contribution in [-0.2, 0) is 13.9 Å². The normalized spacial score (nSPS) is 18.9. The van der Waals surface area contributed by atoms with Crippen molar-refractivity contribution >= 4 is 14.0 Å². The van der Waals surface area contributed by atoms with Crippen LogP contribution in [0.3, 0.4) is 0 Å². The van der Waals surface area contributed by atoms with Crippen molar-refractivity contribution in [2.24, 2.45) is 0 Å². The average molecular weight is 184 g/mol. The van der Waals surface area contributed by atoms with Crippen molar-refractivity contribution in [3.8, 4) is 0 Å². The first-order chi connectivity index (χ1) is 4.90. The molecule has 0 saturated heterocycles.